The molecule has 0 saturated carbocycles. The number of hydrogen-bond acceptors (Lipinski definition) is 3. The standard InChI is InChI=1S/C21H21FN4/c1-13(2)11-23-20-21-24-12-19(15-9-8-14(3)10-16(15)22)26(21)18-7-5-4-6-17(18)25-20/h4-10,12-13H,11H2,1-3H3,(H,23,25). The third-order valence-electron chi connectivity index (χ3n) is 4.41. The molecule has 2 heterocycles. The van der Waals surface area contributed by atoms with Gasteiger partial charge < -0.3 is 5.32 Å². The highest BCUT2D eigenvalue weighted by atomic mass is 19.1. The molecule has 4 aromatic rings. The summed E-state index contributed by atoms with van der Waals surface area (Å²) < 4.78 is 16.6. The van der Waals surface area contributed by atoms with Crippen molar-refractivity contribution in [3.63, 3.8) is 0 Å². The van der Waals surface area contributed by atoms with Gasteiger partial charge in [0, 0.05) is 12.1 Å². The molecule has 4 rings (SSSR count). The average Bonchev–Trinajstić information content (AvgIpc) is 3.05. The summed E-state index contributed by atoms with van der Waals surface area (Å²) >= 11 is 0. The number of halogens is 1. The second kappa shape index (κ2) is 6.41. The van der Waals surface area contributed by atoms with Gasteiger partial charge >= 0.3 is 0 Å². The Hall–Kier alpha value is -2.95. The fraction of sp³-hybridized carbons (Fsp3) is 0.238. The summed E-state index contributed by atoms with van der Waals surface area (Å²) in [4.78, 5) is 9.29. The van der Waals surface area contributed by atoms with Gasteiger partial charge in [0.2, 0.25) is 0 Å². The van der Waals surface area contributed by atoms with E-state index in [2.05, 4.69) is 24.1 Å². The summed E-state index contributed by atoms with van der Waals surface area (Å²) in [7, 11) is 0. The summed E-state index contributed by atoms with van der Waals surface area (Å²) in [6.07, 6.45) is 1.72. The minimum atomic E-state index is -0.246. The first-order valence-corrected chi connectivity index (χ1v) is 8.81. The molecule has 0 fully saturated rings. The Kier molecular flexibility index (Phi) is 4.07. The maximum Gasteiger partial charge on any atom is 0.181 e. The first kappa shape index (κ1) is 16.5. The summed E-state index contributed by atoms with van der Waals surface area (Å²) in [5, 5.41) is 3.38. The molecule has 1 N–H and O–H groups in total. The molecule has 2 aromatic heterocycles. The number of imidazole rings is 1. The molecule has 0 aliphatic rings. The molecule has 5 heteroatoms. The number of benzene rings is 2. The van der Waals surface area contributed by atoms with Gasteiger partial charge in [0.1, 0.15) is 5.82 Å². The Morgan fingerprint density at radius 2 is 1.96 bits per heavy atom. The van der Waals surface area contributed by atoms with E-state index in [0.29, 0.717) is 17.1 Å². The average molecular weight is 348 g/mol. The van der Waals surface area contributed by atoms with E-state index in [-0.39, 0.29) is 5.82 Å². The van der Waals surface area contributed by atoms with E-state index in [1.54, 1.807) is 12.3 Å². The Morgan fingerprint density at radius 1 is 1.15 bits per heavy atom. The molecular weight excluding hydrogens is 327 g/mol. The topological polar surface area (TPSA) is 42.2 Å². The van der Waals surface area contributed by atoms with Crippen LogP contribution in [0.5, 0.6) is 0 Å². The second-order valence-electron chi connectivity index (χ2n) is 7.01. The molecule has 0 bridgehead atoms. The Balaban J connectivity index is 2.01. The van der Waals surface area contributed by atoms with Crippen molar-refractivity contribution >= 4 is 22.5 Å². The van der Waals surface area contributed by atoms with Crippen LogP contribution in [0.4, 0.5) is 10.2 Å². The van der Waals surface area contributed by atoms with E-state index in [1.807, 2.05) is 47.7 Å². The highest BCUT2D eigenvalue weighted by molar-refractivity contribution is 5.86. The van der Waals surface area contributed by atoms with Crippen LogP contribution in [-0.4, -0.2) is 20.9 Å². The number of fused-ring (bicyclic) bond motifs is 3. The van der Waals surface area contributed by atoms with Gasteiger partial charge in [-0.05, 0) is 42.7 Å². The summed E-state index contributed by atoms with van der Waals surface area (Å²) in [6.45, 7) is 6.96. The molecule has 0 saturated heterocycles. The van der Waals surface area contributed by atoms with Gasteiger partial charge in [0.15, 0.2) is 11.5 Å². The van der Waals surface area contributed by atoms with Gasteiger partial charge in [-0.2, -0.15) is 0 Å². The number of aryl methyl sites for hydroxylation is 1. The first-order chi connectivity index (χ1) is 12.5. The van der Waals surface area contributed by atoms with Crippen LogP contribution in [0.25, 0.3) is 27.9 Å². The predicted octanol–water partition coefficient (Wildman–Crippen LogP) is 5.06. The Labute approximate surface area is 151 Å². The quantitative estimate of drug-likeness (QED) is 0.560. The fourth-order valence-corrected chi connectivity index (χ4v) is 3.12. The normalized spacial score (nSPS) is 11.6. The van der Waals surface area contributed by atoms with Gasteiger partial charge in [-0.3, -0.25) is 4.40 Å². The van der Waals surface area contributed by atoms with Crippen molar-refractivity contribution in [2.45, 2.75) is 20.8 Å². The highest BCUT2D eigenvalue weighted by Gasteiger charge is 2.16. The zero-order valence-corrected chi connectivity index (χ0v) is 15.1. The molecule has 0 spiro atoms. The lowest BCUT2D eigenvalue weighted by Gasteiger charge is -2.13. The summed E-state index contributed by atoms with van der Waals surface area (Å²) in [5.41, 5.74) is 4.62. The third-order valence-corrected chi connectivity index (χ3v) is 4.41. The highest BCUT2D eigenvalue weighted by Crippen LogP contribution is 2.30. The number of rotatable bonds is 4. The Bertz CT molecular complexity index is 1100. The van der Waals surface area contributed by atoms with Gasteiger partial charge in [0.25, 0.3) is 0 Å². The van der Waals surface area contributed by atoms with Crippen LogP contribution in [0.2, 0.25) is 0 Å². The van der Waals surface area contributed by atoms with Gasteiger partial charge in [-0.25, -0.2) is 14.4 Å². The van der Waals surface area contributed by atoms with Crippen LogP contribution in [0.15, 0.2) is 48.7 Å². The summed E-state index contributed by atoms with van der Waals surface area (Å²) in [5.74, 6) is 0.952. The molecule has 0 radical (unpaired) electrons. The lowest BCUT2D eigenvalue weighted by Crippen LogP contribution is -2.11. The predicted molar refractivity (Wildman–Crippen MR) is 104 cm³/mol. The number of nitrogens with zero attached hydrogens (tertiary/aromatic N) is 3. The molecule has 0 aliphatic heterocycles. The molecule has 0 atom stereocenters. The van der Waals surface area contributed by atoms with Crippen molar-refractivity contribution in [3.8, 4) is 11.3 Å². The summed E-state index contributed by atoms with van der Waals surface area (Å²) in [6, 6.07) is 13.1. The van der Waals surface area contributed by atoms with E-state index >= 15 is 0 Å². The van der Waals surface area contributed by atoms with E-state index < -0.39 is 0 Å². The number of anilines is 1. The lowest BCUT2D eigenvalue weighted by molar-refractivity contribution is 0.629. The molecule has 2 aromatic carbocycles. The molecule has 4 nitrogen and oxygen atoms in total. The van der Waals surface area contributed by atoms with E-state index in [9.17, 15) is 4.39 Å². The van der Waals surface area contributed by atoms with Gasteiger partial charge in [-0.15, -0.1) is 0 Å². The zero-order chi connectivity index (χ0) is 18.3. The van der Waals surface area contributed by atoms with E-state index in [0.717, 1.165) is 34.7 Å². The van der Waals surface area contributed by atoms with Gasteiger partial charge in [0.05, 0.1) is 22.9 Å². The number of para-hydroxylation sites is 2. The first-order valence-electron chi connectivity index (χ1n) is 8.81. The maximum atomic E-state index is 14.6. The molecule has 0 aliphatic carbocycles. The van der Waals surface area contributed by atoms with Crippen molar-refractivity contribution in [1.82, 2.24) is 14.4 Å². The zero-order valence-electron chi connectivity index (χ0n) is 15.1. The smallest absolute Gasteiger partial charge is 0.181 e. The molecule has 0 amide bonds. The van der Waals surface area contributed by atoms with Crippen molar-refractivity contribution in [1.29, 1.82) is 0 Å². The lowest BCUT2D eigenvalue weighted by atomic mass is 10.1. The van der Waals surface area contributed by atoms with Crippen molar-refractivity contribution in [2.24, 2.45) is 5.92 Å². The van der Waals surface area contributed by atoms with Crippen LogP contribution in [0, 0.1) is 18.7 Å². The molecule has 132 valence electrons. The van der Waals surface area contributed by atoms with Crippen LogP contribution < -0.4 is 5.32 Å². The second-order valence-corrected chi connectivity index (χ2v) is 7.01. The number of hydrogen-bond donors (Lipinski definition) is 1. The molecular formula is C21H21FN4. The fourth-order valence-electron chi connectivity index (χ4n) is 3.12. The minimum Gasteiger partial charge on any atom is -0.367 e. The van der Waals surface area contributed by atoms with E-state index in [4.69, 9.17) is 4.98 Å². The van der Waals surface area contributed by atoms with Gasteiger partial charge in [-0.1, -0.05) is 32.0 Å². The van der Waals surface area contributed by atoms with Crippen LogP contribution in [0.1, 0.15) is 19.4 Å². The van der Waals surface area contributed by atoms with Crippen LogP contribution in [0.3, 0.4) is 0 Å². The van der Waals surface area contributed by atoms with Crippen molar-refractivity contribution in [3.05, 3.63) is 60.0 Å². The SMILES string of the molecule is Cc1ccc(-c2cnc3c(NCC(C)C)nc4ccccc4n23)c(F)c1. The Morgan fingerprint density at radius 3 is 2.73 bits per heavy atom. The minimum absolute atomic E-state index is 0.246. The largest absolute Gasteiger partial charge is 0.367 e. The van der Waals surface area contributed by atoms with E-state index in [1.165, 1.54) is 0 Å². The van der Waals surface area contributed by atoms with Crippen LogP contribution in [-0.2, 0) is 0 Å². The van der Waals surface area contributed by atoms with Crippen molar-refractivity contribution in [2.75, 3.05) is 11.9 Å². The number of nitrogens with one attached hydrogen (secondary N) is 1. The third kappa shape index (κ3) is 2.79. The maximum absolute atomic E-state index is 14.6. The van der Waals surface area contributed by atoms with Crippen LogP contribution >= 0.6 is 0 Å². The number of aromatic nitrogens is 3. The van der Waals surface area contributed by atoms with Crippen molar-refractivity contribution < 1.29 is 4.39 Å². The monoisotopic (exact) mass is 348 g/mol. The molecule has 26 heavy (non-hydrogen) atoms. The molecule has 0 unspecified atom stereocenters.